The van der Waals surface area contributed by atoms with Crippen LogP contribution in [0.25, 0.3) is 21.9 Å². The van der Waals surface area contributed by atoms with Crippen LogP contribution in [0.3, 0.4) is 0 Å². The normalized spacial score (nSPS) is 12.5. The summed E-state index contributed by atoms with van der Waals surface area (Å²) < 4.78 is 26.9. The second kappa shape index (κ2) is 5.66. The Morgan fingerprint density at radius 2 is 1.91 bits per heavy atom. The van der Waals surface area contributed by atoms with Crippen molar-refractivity contribution in [3.05, 3.63) is 36.8 Å². The molecule has 0 bridgehead atoms. The molecule has 22 heavy (non-hydrogen) atoms. The SMILES string of the molecule is CN(C)S(=O)(=O)CCCn1cnc2cnc3ccccc3c21. The van der Waals surface area contributed by atoms with E-state index < -0.39 is 10.0 Å². The fourth-order valence-corrected chi connectivity index (χ4v) is 3.33. The average molecular weight is 318 g/mol. The molecular formula is C15H18N4O2S. The van der Waals surface area contributed by atoms with Gasteiger partial charge in [0.25, 0.3) is 0 Å². The van der Waals surface area contributed by atoms with Crippen LogP contribution in [0, 0.1) is 0 Å². The van der Waals surface area contributed by atoms with Gasteiger partial charge in [0.2, 0.25) is 10.0 Å². The van der Waals surface area contributed by atoms with Gasteiger partial charge < -0.3 is 4.57 Å². The zero-order valence-electron chi connectivity index (χ0n) is 12.6. The maximum absolute atomic E-state index is 11.8. The molecule has 0 radical (unpaired) electrons. The van der Waals surface area contributed by atoms with Crippen molar-refractivity contribution in [2.45, 2.75) is 13.0 Å². The Bertz CT molecular complexity index is 916. The fourth-order valence-electron chi connectivity index (χ4n) is 2.47. The standard InChI is InChI=1S/C15H18N4O2S/c1-18(2)22(20,21)9-5-8-19-11-17-14-10-16-13-7-4-3-6-12(13)15(14)19/h3-4,6-7,10-11H,5,8-9H2,1-2H3. The molecule has 2 heterocycles. The van der Waals surface area contributed by atoms with Gasteiger partial charge in [0, 0.05) is 26.0 Å². The van der Waals surface area contributed by atoms with Crippen molar-refractivity contribution in [1.82, 2.24) is 18.8 Å². The van der Waals surface area contributed by atoms with E-state index in [1.807, 2.05) is 28.8 Å². The zero-order valence-corrected chi connectivity index (χ0v) is 13.4. The summed E-state index contributed by atoms with van der Waals surface area (Å²) in [6.45, 7) is 0.609. The fraction of sp³-hybridized carbons (Fsp3) is 0.333. The lowest BCUT2D eigenvalue weighted by molar-refractivity contribution is 0.515. The highest BCUT2D eigenvalue weighted by atomic mass is 32.2. The van der Waals surface area contributed by atoms with Gasteiger partial charge in [-0.05, 0) is 12.5 Å². The number of hydrogen-bond acceptors (Lipinski definition) is 4. The Morgan fingerprint density at radius 3 is 2.68 bits per heavy atom. The van der Waals surface area contributed by atoms with E-state index >= 15 is 0 Å². The van der Waals surface area contributed by atoms with E-state index in [1.165, 1.54) is 4.31 Å². The van der Waals surface area contributed by atoms with Gasteiger partial charge in [-0.1, -0.05) is 18.2 Å². The summed E-state index contributed by atoms with van der Waals surface area (Å²) >= 11 is 0. The van der Waals surface area contributed by atoms with Crippen LogP contribution in [-0.4, -0.2) is 47.1 Å². The second-order valence-electron chi connectivity index (χ2n) is 5.40. The lowest BCUT2D eigenvalue weighted by Gasteiger charge is -2.11. The topological polar surface area (TPSA) is 68.1 Å². The van der Waals surface area contributed by atoms with Gasteiger partial charge in [-0.25, -0.2) is 17.7 Å². The van der Waals surface area contributed by atoms with Crippen LogP contribution in [0.5, 0.6) is 0 Å². The largest absolute Gasteiger partial charge is 0.330 e. The van der Waals surface area contributed by atoms with Gasteiger partial charge in [-0.3, -0.25) is 4.98 Å². The highest BCUT2D eigenvalue weighted by molar-refractivity contribution is 7.89. The first-order valence-electron chi connectivity index (χ1n) is 7.08. The lowest BCUT2D eigenvalue weighted by atomic mass is 10.2. The maximum Gasteiger partial charge on any atom is 0.213 e. The van der Waals surface area contributed by atoms with Crippen molar-refractivity contribution < 1.29 is 8.42 Å². The molecule has 1 aromatic carbocycles. The minimum Gasteiger partial charge on any atom is -0.330 e. The molecule has 3 aromatic rings. The molecular weight excluding hydrogens is 300 g/mol. The minimum atomic E-state index is -3.16. The van der Waals surface area contributed by atoms with Crippen molar-refractivity contribution in [2.75, 3.05) is 19.8 Å². The van der Waals surface area contributed by atoms with Gasteiger partial charge in [0.1, 0.15) is 5.52 Å². The third-order valence-corrected chi connectivity index (χ3v) is 5.63. The van der Waals surface area contributed by atoms with Crippen molar-refractivity contribution in [3.63, 3.8) is 0 Å². The number of pyridine rings is 1. The Hall–Kier alpha value is -1.99. The summed E-state index contributed by atoms with van der Waals surface area (Å²) in [7, 11) is -0.0466. The number of hydrogen-bond donors (Lipinski definition) is 0. The first-order valence-corrected chi connectivity index (χ1v) is 8.69. The second-order valence-corrected chi connectivity index (χ2v) is 7.70. The number of aryl methyl sites for hydroxylation is 1. The highest BCUT2D eigenvalue weighted by Gasteiger charge is 2.14. The molecule has 3 rings (SSSR count). The first kappa shape index (κ1) is 14.9. The van der Waals surface area contributed by atoms with Crippen molar-refractivity contribution in [3.8, 4) is 0 Å². The number of para-hydroxylation sites is 1. The molecule has 0 amide bonds. The van der Waals surface area contributed by atoms with Gasteiger partial charge in [0.15, 0.2) is 0 Å². The number of nitrogens with zero attached hydrogens (tertiary/aromatic N) is 4. The molecule has 0 atom stereocenters. The number of fused-ring (bicyclic) bond motifs is 3. The lowest BCUT2D eigenvalue weighted by Crippen LogP contribution is -2.25. The summed E-state index contributed by atoms with van der Waals surface area (Å²) in [5, 5.41) is 1.04. The molecule has 0 fully saturated rings. The van der Waals surface area contributed by atoms with E-state index in [1.54, 1.807) is 26.6 Å². The van der Waals surface area contributed by atoms with Crippen molar-refractivity contribution in [2.24, 2.45) is 0 Å². The predicted octanol–water partition coefficient (Wildman–Crippen LogP) is 1.87. The van der Waals surface area contributed by atoms with E-state index in [2.05, 4.69) is 9.97 Å². The molecule has 0 aliphatic heterocycles. The van der Waals surface area contributed by atoms with E-state index in [9.17, 15) is 8.42 Å². The van der Waals surface area contributed by atoms with Crippen LogP contribution in [0.4, 0.5) is 0 Å². The predicted molar refractivity (Wildman–Crippen MR) is 87.1 cm³/mol. The monoisotopic (exact) mass is 318 g/mol. The molecule has 116 valence electrons. The number of aromatic nitrogens is 3. The molecule has 0 N–H and O–H groups in total. The molecule has 0 spiro atoms. The first-order chi connectivity index (χ1) is 10.5. The van der Waals surface area contributed by atoms with Crippen LogP contribution in [0.1, 0.15) is 6.42 Å². The molecule has 0 saturated heterocycles. The molecule has 0 saturated carbocycles. The van der Waals surface area contributed by atoms with Crippen LogP contribution >= 0.6 is 0 Å². The zero-order chi connectivity index (χ0) is 15.7. The molecule has 0 unspecified atom stereocenters. The van der Waals surface area contributed by atoms with Crippen LogP contribution < -0.4 is 0 Å². The third kappa shape index (κ3) is 2.69. The summed E-state index contributed by atoms with van der Waals surface area (Å²) in [5.41, 5.74) is 2.75. The van der Waals surface area contributed by atoms with Gasteiger partial charge in [0.05, 0.1) is 29.3 Å². The Balaban J connectivity index is 1.90. The molecule has 0 aliphatic carbocycles. The van der Waals surface area contributed by atoms with Crippen LogP contribution in [0.15, 0.2) is 36.8 Å². The Kier molecular flexibility index (Phi) is 3.84. The van der Waals surface area contributed by atoms with Crippen molar-refractivity contribution >= 4 is 32.0 Å². The van der Waals surface area contributed by atoms with E-state index in [0.29, 0.717) is 13.0 Å². The Morgan fingerprint density at radius 1 is 1.14 bits per heavy atom. The van der Waals surface area contributed by atoms with E-state index in [-0.39, 0.29) is 5.75 Å². The summed E-state index contributed by atoms with van der Waals surface area (Å²) in [6.07, 6.45) is 4.05. The maximum atomic E-state index is 11.8. The van der Waals surface area contributed by atoms with Crippen LogP contribution in [-0.2, 0) is 16.6 Å². The van der Waals surface area contributed by atoms with E-state index in [4.69, 9.17) is 0 Å². The average Bonchev–Trinajstić information content (AvgIpc) is 2.90. The van der Waals surface area contributed by atoms with Gasteiger partial charge in [-0.15, -0.1) is 0 Å². The summed E-state index contributed by atoms with van der Waals surface area (Å²) in [4.78, 5) is 8.75. The van der Waals surface area contributed by atoms with Crippen molar-refractivity contribution in [1.29, 1.82) is 0 Å². The third-order valence-electron chi connectivity index (χ3n) is 3.71. The van der Waals surface area contributed by atoms with E-state index in [0.717, 1.165) is 21.9 Å². The van der Waals surface area contributed by atoms with Gasteiger partial charge in [-0.2, -0.15) is 0 Å². The molecule has 6 nitrogen and oxygen atoms in total. The molecule has 7 heteroatoms. The van der Waals surface area contributed by atoms with Gasteiger partial charge >= 0.3 is 0 Å². The Labute approximate surface area is 129 Å². The number of imidazole rings is 1. The number of rotatable bonds is 5. The number of sulfonamides is 1. The molecule has 0 aliphatic rings. The minimum absolute atomic E-state index is 0.128. The number of benzene rings is 1. The quantitative estimate of drug-likeness (QED) is 0.720. The smallest absolute Gasteiger partial charge is 0.213 e. The summed E-state index contributed by atoms with van der Waals surface area (Å²) in [5.74, 6) is 0.128. The summed E-state index contributed by atoms with van der Waals surface area (Å²) in [6, 6.07) is 7.89. The molecule has 2 aromatic heterocycles. The highest BCUT2D eigenvalue weighted by Crippen LogP contribution is 2.22. The van der Waals surface area contributed by atoms with Crippen LogP contribution in [0.2, 0.25) is 0 Å².